The van der Waals surface area contributed by atoms with Gasteiger partial charge in [-0.15, -0.1) is 0 Å². The minimum absolute atomic E-state index is 0.243. The van der Waals surface area contributed by atoms with Crippen molar-refractivity contribution in [3.05, 3.63) is 17.7 Å². The number of hydrogen-bond acceptors (Lipinski definition) is 2. The summed E-state index contributed by atoms with van der Waals surface area (Å²) in [6, 6.07) is 0. The molecule has 0 fully saturated rings. The number of aliphatic carboxylic acids is 1. The van der Waals surface area contributed by atoms with Crippen molar-refractivity contribution in [2.24, 2.45) is 11.8 Å². The molecule has 1 aliphatic heterocycles. The molecule has 88 valence electrons. The number of aryl methyl sites for hydroxylation is 1. The molecular formula is C12H18N2O2. The average molecular weight is 222 g/mol. The molecule has 1 atom stereocenters. The summed E-state index contributed by atoms with van der Waals surface area (Å²) >= 11 is 0. The Labute approximate surface area is 95.3 Å². The lowest BCUT2D eigenvalue weighted by atomic mass is 9.98. The molecular weight excluding hydrogens is 204 g/mol. The molecule has 0 saturated heterocycles. The fourth-order valence-electron chi connectivity index (χ4n) is 2.24. The van der Waals surface area contributed by atoms with E-state index in [2.05, 4.69) is 23.4 Å². The molecule has 1 unspecified atom stereocenters. The van der Waals surface area contributed by atoms with E-state index in [1.54, 1.807) is 0 Å². The van der Waals surface area contributed by atoms with Gasteiger partial charge in [0, 0.05) is 24.9 Å². The van der Waals surface area contributed by atoms with Crippen LogP contribution >= 0.6 is 0 Å². The van der Waals surface area contributed by atoms with Crippen LogP contribution < -0.4 is 0 Å². The van der Waals surface area contributed by atoms with Crippen molar-refractivity contribution < 1.29 is 9.90 Å². The van der Waals surface area contributed by atoms with Gasteiger partial charge in [0.15, 0.2) is 0 Å². The van der Waals surface area contributed by atoms with Crippen LogP contribution in [0.2, 0.25) is 0 Å². The number of carboxylic acid groups (broad SMARTS) is 1. The van der Waals surface area contributed by atoms with Gasteiger partial charge in [0.25, 0.3) is 0 Å². The molecule has 0 bridgehead atoms. The Kier molecular flexibility index (Phi) is 2.99. The maximum absolute atomic E-state index is 11.0. The second kappa shape index (κ2) is 4.28. The fourth-order valence-corrected chi connectivity index (χ4v) is 2.24. The van der Waals surface area contributed by atoms with Crippen LogP contribution in [0.5, 0.6) is 0 Å². The third-order valence-corrected chi connectivity index (χ3v) is 3.11. The van der Waals surface area contributed by atoms with Crippen LogP contribution in [-0.4, -0.2) is 20.6 Å². The maximum atomic E-state index is 11.0. The van der Waals surface area contributed by atoms with Crippen LogP contribution in [0.4, 0.5) is 0 Å². The number of carboxylic acids is 1. The van der Waals surface area contributed by atoms with Gasteiger partial charge in [-0.3, -0.25) is 4.79 Å². The van der Waals surface area contributed by atoms with Gasteiger partial charge in [-0.05, 0) is 18.8 Å². The summed E-state index contributed by atoms with van der Waals surface area (Å²) in [4.78, 5) is 15.4. The molecule has 16 heavy (non-hydrogen) atoms. The molecule has 0 radical (unpaired) electrons. The maximum Gasteiger partial charge on any atom is 0.308 e. The largest absolute Gasteiger partial charge is 0.481 e. The topological polar surface area (TPSA) is 55.1 Å². The van der Waals surface area contributed by atoms with Gasteiger partial charge in [0.05, 0.1) is 5.92 Å². The van der Waals surface area contributed by atoms with Crippen molar-refractivity contribution in [2.75, 3.05) is 0 Å². The Morgan fingerprint density at radius 2 is 2.44 bits per heavy atom. The molecule has 0 amide bonds. The Morgan fingerprint density at radius 1 is 1.69 bits per heavy atom. The number of carbonyl (C=O) groups is 1. The summed E-state index contributed by atoms with van der Waals surface area (Å²) in [7, 11) is 0. The molecule has 4 heteroatoms. The highest BCUT2D eigenvalue weighted by molar-refractivity contribution is 5.70. The van der Waals surface area contributed by atoms with Crippen LogP contribution in [-0.2, 0) is 24.2 Å². The smallest absolute Gasteiger partial charge is 0.308 e. The van der Waals surface area contributed by atoms with E-state index in [1.807, 2.05) is 6.20 Å². The van der Waals surface area contributed by atoms with Crippen LogP contribution in [0.3, 0.4) is 0 Å². The van der Waals surface area contributed by atoms with E-state index >= 15 is 0 Å². The molecule has 1 aromatic heterocycles. The number of imidazole rings is 1. The van der Waals surface area contributed by atoms with Gasteiger partial charge in [-0.2, -0.15) is 0 Å². The van der Waals surface area contributed by atoms with Crippen LogP contribution in [0.25, 0.3) is 0 Å². The van der Waals surface area contributed by atoms with Crippen LogP contribution in [0, 0.1) is 11.8 Å². The van der Waals surface area contributed by atoms with Crippen molar-refractivity contribution >= 4 is 5.97 Å². The predicted molar refractivity (Wildman–Crippen MR) is 60.2 cm³/mol. The van der Waals surface area contributed by atoms with Crippen LogP contribution in [0.1, 0.15) is 31.8 Å². The first kappa shape index (κ1) is 11.2. The van der Waals surface area contributed by atoms with Crippen molar-refractivity contribution in [2.45, 2.75) is 39.7 Å². The fraction of sp³-hybridized carbons (Fsp3) is 0.667. The highest BCUT2D eigenvalue weighted by atomic mass is 16.4. The Morgan fingerprint density at radius 3 is 3.06 bits per heavy atom. The first-order chi connectivity index (χ1) is 7.58. The standard InChI is InChI=1S/C12H18N2O2/c1-8(2)5-11-13-6-10-4-3-9(12(15)16)7-14(10)11/h6,8-9H,3-5,7H2,1-2H3,(H,15,16). The third-order valence-electron chi connectivity index (χ3n) is 3.11. The highest BCUT2D eigenvalue weighted by Gasteiger charge is 2.26. The summed E-state index contributed by atoms with van der Waals surface area (Å²) in [5.41, 5.74) is 1.19. The number of fused-ring (bicyclic) bond motifs is 1. The first-order valence-electron chi connectivity index (χ1n) is 5.84. The number of hydrogen-bond donors (Lipinski definition) is 1. The van der Waals surface area contributed by atoms with E-state index in [-0.39, 0.29) is 5.92 Å². The molecule has 2 heterocycles. The lowest BCUT2D eigenvalue weighted by Gasteiger charge is -2.22. The minimum Gasteiger partial charge on any atom is -0.481 e. The van der Waals surface area contributed by atoms with Crippen molar-refractivity contribution in [1.82, 2.24) is 9.55 Å². The molecule has 4 nitrogen and oxygen atoms in total. The molecule has 0 aliphatic carbocycles. The SMILES string of the molecule is CC(C)Cc1ncc2n1CC(C(=O)O)CC2. The van der Waals surface area contributed by atoms with Crippen LogP contribution in [0.15, 0.2) is 6.20 Å². The predicted octanol–water partition coefficient (Wildman–Crippen LogP) is 1.73. The molecule has 0 aromatic carbocycles. The molecule has 1 aromatic rings. The second-order valence-corrected chi connectivity index (χ2v) is 4.95. The van der Waals surface area contributed by atoms with Crippen molar-refractivity contribution in [1.29, 1.82) is 0 Å². The van der Waals surface area contributed by atoms with E-state index in [9.17, 15) is 4.79 Å². The Balaban J connectivity index is 2.21. The Hall–Kier alpha value is -1.32. The monoisotopic (exact) mass is 222 g/mol. The minimum atomic E-state index is -0.685. The average Bonchev–Trinajstić information content (AvgIpc) is 2.60. The number of nitrogens with zero attached hydrogens (tertiary/aromatic N) is 2. The zero-order valence-electron chi connectivity index (χ0n) is 9.81. The Bertz CT molecular complexity index is 396. The van der Waals surface area contributed by atoms with E-state index in [0.29, 0.717) is 12.5 Å². The van der Waals surface area contributed by atoms with E-state index < -0.39 is 5.97 Å². The first-order valence-corrected chi connectivity index (χ1v) is 5.84. The second-order valence-electron chi connectivity index (χ2n) is 4.95. The summed E-state index contributed by atoms with van der Waals surface area (Å²) < 4.78 is 2.10. The van der Waals surface area contributed by atoms with Crippen molar-refractivity contribution in [3.8, 4) is 0 Å². The molecule has 2 rings (SSSR count). The van der Waals surface area contributed by atoms with Gasteiger partial charge >= 0.3 is 5.97 Å². The summed E-state index contributed by atoms with van der Waals surface area (Å²) in [5, 5.41) is 9.04. The van der Waals surface area contributed by atoms with Gasteiger partial charge in [-0.1, -0.05) is 13.8 Å². The van der Waals surface area contributed by atoms with E-state index in [1.165, 1.54) is 5.69 Å². The molecule has 0 spiro atoms. The molecule has 1 N–H and O–H groups in total. The van der Waals surface area contributed by atoms with Crippen molar-refractivity contribution in [3.63, 3.8) is 0 Å². The van der Waals surface area contributed by atoms with Gasteiger partial charge in [-0.25, -0.2) is 4.98 Å². The summed E-state index contributed by atoms with van der Waals surface area (Å²) in [5.74, 6) is 0.662. The van der Waals surface area contributed by atoms with Gasteiger partial charge in [0.2, 0.25) is 0 Å². The normalized spacial score (nSPS) is 19.8. The lowest BCUT2D eigenvalue weighted by Crippen LogP contribution is -2.27. The summed E-state index contributed by atoms with van der Waals surface area (Å²) in [6.07, 6.45) is 4.40. The zero-order valence-corrected chi connectivity index (χ0v) is 9.81. The number of rotatable bonds is 3. The zero-order chi connectivity index (χ0) is 11.7. The number of aromatic nitrogens is 2. The summed E-state index contributed by atoms with van der Waals surface area (Å²) in [6.45, 7) is 4.89. The van der Waals surface area contributed by atoms with E-state index in [4.69, 9.17) is 5.11 Å². The van der Waals surface area contributed by atoms with Gasteiger partial charge in [0.1, 0.15) is 5.82 Å². The quantitative estimate of drug-likeness (QED) is 0.847. The third kappa shape index (κ3) is 2.10. The lowest BCUT2D eigenvalue weighted by molar-refractivity contribution is -0.142. The molecule has 1 aliphatic rings. The van der Waals surface area contributed by atoms with E-state index in [0.717, 1.165) is 25.1 Å². The highest BCUT2D eigenvalue weighted by Crippen LogP contribution is 2.22. The molecule has 0 saturated carbocycles. The van der Waals surface area contributed by atoms with Gasteiger partial charge < -0.3 is 9.67 Å².